The third-order valence-corrected chi connectivity index (χ3v) is 4.40. The van der Waals surface area contributed by atoms with Gasteiger partial charge in [0, 0.05) is 4.70 Å². The molecule has 0 fully saturated rings. The van der Waals surface area contributed by atoms with Crippen LogP contribution in [0.3, 0.4) is 0 Å². The van der Waals surface area contributed by atoms with Gasteiger partial charge >= 0.3 is 0 Å². The largest absolute Gasteiger partial charge is 0.496 e. The van der Waals surface area contributed by atoms with E-state index in [4.69, 9.17) is 4.74 Å². The maximum atomic E-state index is 13.2. The molecule has 2 aromatic carbocycles. The van der Waals surface area contributed by atoms with Gasteiger partial charge in [0.15, 0.2) is 0 Å². The zero-order chi connectivity index (χ0) is 15.0. The number of rotatable bonds is 3. The van der Waals surface area contributed by atoms with E-state index in [0.717, 1.165) is 15.6 Å². The van der Waals surface area contributed by atoms with E-state index in [2.05, 4.69) is 0 Å². The molecule has 1 aromatic heterocycles. The van der Waals surface area contributed by atoms with E-state index in [1.165, 1.54) is 23.5 Å². The number of thiophene rings is 1. The van der Waals surface area contributed by atoms with Crippen LogP contribution < -0.4 is 4.74 Å². The Morgan fingerprint density at radius 2 is 1.95 bits per heavy atom. The lowest BCUT2D eigenvalue weighted by molar-refractivity contribution is 0.103. The molecule has 0 radical (unpaired) electrons. The number of aryl methyl sites for hydroxylation is 1. The van der Waals surface area contributed by atoms with Crippen LogP contribution in [0.4, 0.5) is 4.39 Å². The number of ether oxygens (including phenoxy) is 1. The summed E-state index contributed by atoms with van der Waals surface area (Å²) < 4.78 is 19.3. The van der Waals surface area contributed by atoms with Crippen LogP contribution in [0.5, 0.6) is 5.75 Å². The summed E-state index contributed by atoms with van der Waals surface area (Å²) in [6.45, 7) is 1.93. The van der Waals surface area contributed by atoms with Crippen LogP contribution in [0.1, 0.15) is 20.8 Å². The third kappa shape index (κ3) is 2.54. The second-order valence-electron chi connectivity index (χ2n) is 4.83. The van der Waals surface area contributed by atoms with Gasteiger partial charge in [0.1, 0.15) is 11.6 Å². The Bertz CT molecular complexity index is 836. The molecular weight excluding hydrogens is 287 g/mol. The topological polar surface area (TPSA) is 26.3 Å². The zero-order valence-corrected chi connectivity index (χ0v) is 12.5. The first-order valence-corrected chi connectivity index (χ1v) is 7.28. The number of hydrogen-bond acceptors (Lipinski definition) is 3. The summed E-state index contributed by atoms with van der Waals surface area (Å²) in [6, 6.07) is 11.8. The molecule has 0 saturated heterocycles. The highest BCUT2D eigenvalue weighted by Crippen LogP contribution is 2.30. The van der Waals surface area contributed by atoms with Crippen molar-refractivity contribution < 1.29 is 13.9 Å². The third-order valence-electron chi connectivity index (χ3n) is 3.31. The van der Waals surface area contributed by atoms with Gasteiger partial charge in [-0.05, 0) is 42.6 Å². The molecule has 106 valence electrons. The molecule has 3 aromatic rings. The molecule has 1 heterocycles. The van der Waals surface area contributed by atoms with E-state index < -0.39 is 0 Å². The van der Waals surface area contributed by atoms with E-state index in [1.54, 1.807) is 25.3 Å². The van der Waals surface area contributed by atoms with E-state index >= 15 is 0 Å². The number of benzene rings is 2. The van der Waals surface area contributed by atoms with Crippen LogP contribution in [0.2, 0.25) is 0 Å². The molecule has 0 bridgehead atoms. The molecule has 0 saturated carbocycles. The molecule has 0 N–H and O–H groups in total. The molecule has 0 aliphatic carbocycles. The lowest BCUT2D eigenvalue weighted by Gasteiger charge is -2.07. The van der Waals surface area contributed by atoms with Gasteiger partial charge in [0.25, 0.3) is 0 Å². The van der Waals surface area contributed by atoms with Crippen molar-refractivity contribution in [3.63, 3.8) is 0 Å². The van der Waals surface area contributed by atoms with Gasteiger partial charge < -0.3 is 4.74 Å². The van der Waals surface area contributed by atoms with Gasteiger partial charge in [-0.15, -0.1) is 11.3 Å². The van der Waals surface area contributed by atoms with E-state index in [0.29, 0.717) is 16.2 Å². The van der Waals surface area contributed by atoms with Crippen LogP contribution >= 0.6 is 11.3 Å². The molecular formula is C17H13FO2S. The Morgan fingerprint density at radius 3 is 2.71 bits per heavy atom. The predicted octanol–water partition coefficient (Wildman–Crippen LogP) is 4.59. The molecule has 3 rings (SSSR count). The van der Waals surface area contributed by atoms with Gasteiger partial charge in [-0.3, -0.25) is 4.79 Å². The maximum absolute atomic E-state index is 13.2. The Morgan fingerprint density at radius 1 is 1.14 bits per heavy atom. The maximum Gasteiger partial charge on any atom is 0.206 e. The molecule has 0 unspecified atom stereocenters. The molecule has 2 nitrogen and oxygen atoms in total. The number of methoxy groups -OCH3 is 1. The van der Waals surface area contributed by atoms with Crippen molar-refractivity contribution in [1.82, 2.24) is 0 Å². The van der Waals surface area contributed by atoms with Crippen LogP contribution in [0.15, 0.2) is 42.5 Å². The number of ketones is 1. The Labute approximate surface area is 125 Å². The van der Waals surface area contributed by atoms with Crippen LogP contribution in [0, 0.1) is 12.7 Å². The van der Waals surface area contributed by atoms with Gasteiger partial charge in [-0.1, -0.05) is 17.7 Å². The lowest BCUT2D eigenvalue weighted by Crippen LogP contribution is -2.02. The number of halogens is 1. The van der Waals surface area contributed by atoms with Crippen molar-refractivity contribution in [2.75, 3.05) is 7.11 Å². The minimum atomic E-state index is -0.295. The lowest BCUT2D eigenvalue weighted by atomic mass is 10.1. The quantitative estimate of drug-likeness (QED) is 0.661. The summed E-state index contributed by atoms with van der Waals surface area (Å²) in [4.78, 5) is 13.3. The SMILES string of the molecule is COc1ccc(C)cc1C(=O)c1cc2ccc(F)cc2s1. The van der Waals surface area contributed by atoms with E-state index in [1.807, 2.05) is 19.1 Å². The molecule has 0 atom stereocenters. The van der Waals surface area contributed by atoms with Gasteiger partial charge in [-0.25, -0.2) is 4.39 Å². The minimum Gasteiger partial charge on any atom is -0.496 e. The standard InChI is InChI=1S/C17H13FO2S/c1-10-3-6-14(20-2)13(7-10)17(19)16-8-11-4-5-12(18)9-15(11)21-16/h3-9H,1-2H3. The smallest absolute Gasteiger partial charge is 0.206 e. The highest BCUT2D eigenvalue weighted by molar-refractivity contribution is 7.21. The van der Waals surface area contributed by atoms with Crippen molar-refractivity contribution in [3.05, 3.63) is 64.3 Å². The fraction of sp³-hybridized carbons (Fsp3) is 0.118. The first-order valence-electron chi connectivity index (χ1n) is 6.47. The summed E-state index contributed by atoms with van der Waals surface area (Å²) >= 11 is 1.29. The molecule has 4 heteroatoms. The van der Waals surface area contributed by atoms with Crippen LogP contribution in [-0.2, 0) is 0 Å². The highest BCUT2D eigenvalue weighted by Gasteiger charge is 2.17. The second kappa shape index (κ2) is 5.30. The first kappa shape index (κ1) is 13.8. The summed E-state index contributed by atoms with van der Waals surface area (Å²) in [6.07, 6.45) is 0. The van der Waals surface area contributed by atoms with Gasteiger partial charge in [-0.2, -0.15) is 0 Å². The highest BCUT2D eigenvalue weighted by atomic mass is 32.1. The first-order chi connectivity index (χ1) is 10.1. The zero-order valence-electron chi connectivity index (χ0n) is 11.6. The molecule has 0 aliphatic heterocycles. The normalized spacial score (nSPS) is 10.8. The summed E-state index contributed by atoms with van der Waals surface area (Å²) in [5.74, 6) is 0.155. The van der Waals surface area contributed by atoms with Crippen molar-refractivity contribution in [1.29, 1.82) is 0 Å². The Kier molecular flexibility index (Phi) is 3.47. The van der Waals surface area contributed by atoms with Crippen molar-refractivity contribution in [3.8, 4) is 5.75 Å². The molecule has 0 spiro atoms. The monoisotopic (exact) mass is 300 g/mol. The van der Waals surface area contributed by atoms with E-state index in [-0.39, 0.29) is 11.6 Å². The Balaban J connectivity index is 2.10. The average Bonchev–Trinajstić information content (AvgIpc) is 2.89. The summed E-state index contributed by atoms with van der Waals surface area (Å²) in [5.41, 5.74) is 1.52. The van der Waals surface area contributed by atoms with Crippen LogP contribution in [0.25, 0.3) is 10.1 Å². The van der Waals surface area contributed by atoms with E-state index in [9.17, 15) is 9.18 Å². The number of carbonyl (C=O) groups excluding carboxylic acids is 1. The number of carbonyl (C=O) groups is 1. The fourth-order valence-corrected chi connectivity index (χ4v) is 3.29. The van der Waals surface area contributed by atoms with Gasteiger partial charge in [0.05, 0.1) is 17.6 Å². The second-order valence-corrected chi connectivity index (χ2v) is 5.91. The number of hydrogen-bond donors (Lipinski definition) is 0. The van der Waals surface area contributed by atoms with Gasteiger partial charge in [0.2, 0.25) is 5.78 Å². The minimum absolute atomic E-state index is 0.0999. The Hall–Kier alpha value is -2.20. The fourth-order valence-electron chi connectivity index (χ4n) is 2.25. The van der Waals surface area contributed by atoms with Crippen LogP contribution in [-0.4, -0.2) is 12.9 Å². The average molecular weight is 300 g/mol. The molecule has 0 amide bonds. The predicted molar refractivity (Wildman–Crippen MR) is 82.9 cm³/mol. The van der Waals surface area contributed by atoms with Crippen molar-refractivity contribution in [2.24, 2.45) is 0 Å². The van der Waals surface area contributed by atoms with Crippen molar-refractivity contribution in [2.45, 2.75) is 6.92 Å². The number of fused-ring (bicyclic) bond motifs is 1. The summed E-state index contributed by atoms with van der Waals surface area (Å²) in [7, 11) is 1.54. The van der Waals surface area contributed by atoms with Crippen molar-refractivity contribution >= 4 is 27.2 Å². The molecule has 21 heavy (non-hydrogen) atoms. The molecule has 0 aliphatic rings. The summed E-state index contributed by atoms with van der Waals surface area (Å²) in [5, 5.41) is 0.872.